The highest BCUT2D eigenvalue weighted by Crippen LogP contribution is 2.62. The first-order valence-electron chi connectivity index (χ1n) is 12.3. The van der Waals surface area contributed by atoms with Gasteiger partial charge < -0.3 is 16.2 Å². The van der Waals surface area contributed by atoms with Gasteiger partial charge in [0.15, 0.2) is 5.82 Å². The average molecular weight is 443 g/mol. The van der Waals surface area contributed by atoms with E-state index < -0.39 is 0 Å². The maximum absolute atomic E-state index is 9.49. The maximum atomic E-state index is 9.49. The number of aromatic amines is 1. The molecule has 2 aromatic heterocycles. The second kappa shape index (κ2) is 7.22. The van der Waals surface area contributed by atoms with Crippen LogP contribution < -0.4 is 11.1 Å². The molecule has 2 saturated carbocycles. The fourth-order valence-corrected chi connectivity index (χ4v) is 7.38. The van der Waals surface area contributed by atoms with Gasteiger partial charge in [0.1, 0.15) is 0 Å². The number of benzene rings is 2. The van der Waals surface area contributed by atoms with Crippen molar-refractivity contribution >= 4 is 33.3 Å². The van der Waals surface area contributed by atoms with E-state index in [0.29, 0.717) is 24.2 Å². The van der Waals surface area contributed by atoms with E-state index in [9.17, 15) is 5.11 Å². The molecule has 7 rings (SSSR count). The first kappa shape index (κ1) is 19.4. The van der Waals surface area contributed by atoms with Gasteiger partial charge in [-0.2, -0.15) is 10.2 Å². The zero-order chi connectivity index (χ0) is 22.1. The number of anilines is 2. The van der Waals surface area contributed by atoms with Gasteiger partial charge in [-0.25, -0.2) is 0 Å². The molecule has 2 aromatic carbocycles. The van der Waals surface area contributed by atoms with Crippen molar-refractivity contribution in [2.45, 2.75) is 50.6 Å². The van der Waals surface area contributed by atoms with Crippen molar-refractivity contribution in [1.82, 2.24) is 20.0 Å². The van der Waals surface area contributed by atoms with Gasteiger partial charge in [0, 0.05) is 16.5 Å². The Morgan fingerprint density at radius 3 is 2.85 bits per heavy atom. The lowest BCUT2D eigenvalue weighted by atomic mass is 9.69. The number of nitrogens with two attached hydrogens (primary N) is 1. The van der Waals surface area contributed by atoms with Gasteiger partial charge in [-0.1, -0.05) is 25.3 Å². The Bertz CT molecular complexity index is 1360. The largest absolute Gasteiger partial charge is 0.394 e. The summed E-state index contributed by atoms with van der Waals surface area (Å²) in [6, 6.07) is 11.3. The van der Waals surface area contributed by atoms with E-state index in [2.05, 4.69) is 50.9 Å². The van der Waals surface area contributed by atoms with Crippen molar-refractivity contribution in [3.8, 4) is 0 Å². The predicted octanol–water partition coefficient (Wildman–Crippen LogP) is 4.56. The highest BCUT2D eigenvalue weighted by molar-refractivity contribution is 5.91. The molecule has 0 amide bonds. The standard InChI is InChI=1S/C26H30N6O/c27-26-17-12-16(5-6-19(17)30-31-26)25-23-15-4-2-1-3-14(11-15)22(23)24-18-13-28-32(9-10-33)21(18)8-7-20(24)29-25/h5-8,12-15,22-23,25,29,33H,1-4,9-11H2,(H3,27,30,31)/t14?,15?,22?,23-,25?/m1/s1. The van der Waals surface area contributed by atoms with Crippen molar-refractivity contribution in [2.24, 2.45) is 17.8 Å². The molecule has 5 N–H and O–H groups in total. The van der Waals surface area contributed by atoms with Gasteiger partial charge in [0.25, 0.3) is 0 Å². The highest BCUT2D eigenvalue weighted by Gasteiger charge is 2.51. The molecule has 0 saturated heterocycles. The first-order valence-corrected chi connectivity index (χ1v) is 12.3. The van der Waals surface area contributed by atoms with Crippen LogP contribution in [0, 0.1) is 17.8 Å². The van der Waals surface area contributed by atoms with Crippen LogP contribution in [0.15, 0.2) is 36.5 Å². The van der Waals surface area contributed by atoms with Crippen LogP contribution in [0.25, 0.3) is 21.8 Å². The summed E-state index contributed by atoms with van der Waals surface area (Å²) < 4.78 is 1.94. The van der Waals surface area contributed by atoms with Gasteiger partial charge in [0.05, 0.1) is 36.4 Å². The number of hydrogen-bond donors (Lipinski definition) is 4. The molecule has 33 heavy (non-hydrogen) atoms. The number of nitrogen functional groups attached to an aromatic ring is 1. The minimum Gasteiger partial charge on any atom is -0.394 e. The van der Waals surface area contributed by atoms with Crippen molar-refractivity contribution < 1.29 is 5.11 Å². The summed E-state index contributed by atoms with van der Waals surface area (Å²) in [6.45, 7) is 0.634. The molecule has 3 heterocycles. The minimum atomic E-state index is 0.102. The molecule has 0 spiro atoms. The molecule has 4 aromatic rings. The molecule has 0 radical (unpaired) electrons. The predicted molar refractivity (Wildman–Crippen MR) is 130 cm³/mol. The van der Waals surface area contributed by atoms with Gasteiger partial charge in [-0.15, -0.1) is 0 Å². The Morgan fingerprint density at radius 2 is 1.97 bits per heavy atom. The minimum absolute atomic E-state index is 0.102. The lowest BCUT2D eigenvalue weighted by molar-refractivity contribution is 0.269. The van der Waals surface area contributed by atoms with Crippen LogP contribution in [-0.2, 0) is 6.54 Å². The second-order valence-corrected chi connectivity index (χ2v) is 10.2. The molecule has 2 aliphatic carbocycles. The molecule has 7 heteroatoms. The van der Waals surface area contributed by atoms with Crippen LogP contribution in [0.4, 0.5) is 11.5 Å². The smallest absolute Gasteiger partial charge is 0.153 e. The van der Waals surface area contributed by atoms with E-state index in [1.807, 2.05) is 10.9 Å². The Kier molecular flexibility index (Phi) is 4.25. The fourth-order valence-electron chi connectivity index (χ4n) is 7.38. The monoisotopic (exact) mass is 442 g/mol. The SMILES string of the molecule is Nc1n[nH]c2ccc(C3Nc4ccc5c(cnn5CCO)c4C4C5CCCCC(C5)[C@@H]34)cc12. The number of rotatable bonds is 3. The zero-order valence-electron chi connectivity index (χ0n) is 18.7. The van der Waals surface area contributed by atoms with Crippen LogP contribution in [-0.4, -0.2) is 31.7 Å². The lowest BCUT2D eigenvalue weighted by Gasteiger charge is -2.42. The summed E-state index contributed by atoms with van der Waals surface area (Å²) in [5.74, 6) is 3.11. The summed E-state index contributed by atoms with van der Waals surface area (Å²) in [7, 11) is 0. The second-order valence-electron chi connectivity index (χ2n) is 10.2. The molecule has 4 unspecified atom stereocenters. The third-order valence-corrected chi connectivity index (χ3v) is 8.66. The van der Waals surface area contributed by atoms with Gasteiger partial charge in [-0.05, 0) is 71.9 Å². The lowest BCUT2D eigenvalue weighted by Crippen LogP contribution is -2.34. The zero-order valence-corrected chi connectivity index (χ0v) is 18.7. The number of nitrogens with one attached hydrogen (secondary N) is 2. The van der Waals surface area contributed by atoms with E-state index in [4.69, 9.17) is 5.73 Å². The number of nitrogens with zero attached hydrogens (tertiary/aromatic N) is 3. The molecule has 3 aliphatic rings. The summed E-state index contributed by atoms with van der Waals surface area (Å²) in [6.07, 6.45) is 8.67. The number of fused-ring (bicyclic) bond motifs is 10. The molecule has 2 bridgehead atoms. The Balaban J connectivity index is 1.41. The molecular formula is C26H30N6O. The third kappa shape index (κ3) is 2.78. The van der Waals surface area contributed by atoms with Gasteiger partial charge in [0.2, 0.25) is 0 Å². The number of hydrogen-bond acceptors (Lipinski definition) is 5. The van der Waals surface area contributed by atoms with Crippen LogP contribution in [0.1, 0.15) is 55.2 Å². The molecule has 7 nitrogen and oxygen atoms in total. The van der Waals surface area contributed by atoms with Crippen LogP contribution in [0.3, 0.4) is 0 Å². The third-order valence-electron chi connectivity index (χ3n) is 8.66. The Labute approximate surface area is 192 Å². The molecule has 170 valence electrons. The summed E-state index contributed by atoms with van der Waals surface area (Å²) in [5, 5.41) is 27.6. The fraction of sp³-hybridized carbons (Fsp3) is 0.462. The molecule has 1 aliphatic heterocycles. The quantitative estimate of drug-likeness (QED) is 0.372. The topological polar surface area (TPSA) is 105 Å². The van der Waals surface area contributed by atoms with Crippen molar-refractivity contribution in [3.05, 3.63) is 47.7 Å². The molecule has 5 atom stereocenters. The van der Waals surface area contributed by atoms with E-state index in [-0.39, 0.29) is 12.6 Å². The summed E-state index contributed by atoms with van der Waals surface area (Å²) in [4.78, 5) is 0. The summed E-state index contributed by atoms with van der Waals surface area (Å²) in [5.41, 5.74) is 12.3. The Morgan fingerprint density at radius 1 is 1.09 bits per heavy atom. The van der Waals surface area contributed by atoms with Crippen LogP contribution in [0.5, 0.6) is 0 Å². The number of aliphatic hydroxyl groups excluding tert-OH is 1. The highest BCUT2D eigenvalue weighted by atomic mass is 16.3. The van der Waals surface area contributed by atoms with E-state index in [0.717, 1.165) is 28.3 Å². The van der Waals surface area contributed by atoms with E-state index in [1.54, 1.807) is 0 Å². The van der Waals surface area contributed by atoms with E-state index >= 15 is 0 Å². The Hall–Kier alpha value is -3.06. The molecular weight excluding hydrogens is 412 g/mol. The van der Waals surface area contributed by atoms with Crippen LogP contribution >= 0.6 is 0 Å². The van der Waals surface area contributed by atoms with Crippen LogP contribution in [0.2, 0.25) is 0 Å². The first-order chi connectivity index (χ1) is 16.2. The van der Waals surface area contributed by atoms with E-state index in [1.165, 1.54) is 54.3 Å². The molecule has 2 fully saturated rings. The van der Waals surface area contributed by atoms with Gasteiger partial charge >= 0.3 is 0 Å². The maximum Gasteiger partial charge on any atom is 0.153 e. The normalized spacial score (nSPS) is 28.5. The van der Waals surface area contributed by atoms with Crippen molar-refractivity contribution in [3.63, 3.8) is 0 Å². The average Bonchev–Trinajstić information content (AvgIpc) is 3.45. The van der Waals surface area contributed by atoms with Gasteiger partial charge in [-0.3, -0.25) is 9.78 Å². The summed E-state index contributed by atoms with van der Waals surface area (Å²) >= 11 is 0. The number of H-pyrrole nitrogens is 1. The number of aliphatic hydroxyl groups is 1. The van der Waals surface area contributed by atoms with Crippen molar-refractivity contribution in [1.29, 1.82) is 0 Å². The van der Waals surface area contributed by atoms with Crippen molar-refractivity contribution in [2.75, 3.05) is 17.7 Å². The number of aromatic nitrogens is 4.